The molecule has 11 heterocycles. The highest BCUT2D eigenvalue weighted by Crippen LogP contribution is 2.56. The molecule has 17 rings (SSSR count). The molecule has 0 saturated carbocycles. The zero-order chi connectivity index (χ0) is 71.9. The standard InChI is InChI=1S/C47H38N8.C39H34N4.C5H4BrN/c1-33-40(26-23-39(52-33)34-15-5-4-6-16-34)55-41-24-21-35(53(43-17-7-11-27-48-43)44-18-8-12-28-49-44)31-37(41)47(2,3)38-32-36(22-25-42(38)55)54(45-19-9-13-29-50-45)46-20-10-14-30-51-46;1-27-36(20-17-35(42-27)30-11-5-4-6-12-30)43-37-18-15-28(23-31-13-7-9-21-40-31)25-33(37)39(2,3)34-26-29(16-19-38(34)43)24-32-14-8-10-22-41-32;6-5-3-1-2-4-7-5/h4-32H,1-3H3;4-22,25-26H,23-24H2,1-3H3;1-4H. The number of pyridine rings is 9. The van der Waals surface area contributed by atoms with Gasteiger partial charge in [0.25, 0.3) is 0 Å². The molecule has 0 atom stereocenters. The summed E-state index contributed by atoms with van der Waals surface area (Å²) in [6.07, 6.45) is 14.3. The zero-order valence-electron chi connectivity index (χ0n) is 59.3. The van der Waals surface area contributed by atoms with Crippen molar-refractivity contribution in [2.24, 2.45) is 0 Å². The molecule has 13 nitrogen and oxygen atoms in total. The molecule has 2 aliphatic rings. The normalized spacial score (nSPS) is 12.7. The van der Waals surface area contributed by atoms with Crippen LogP contribution in [0.5, 0.6) is 0 Å². The van der Waals surface area contributed by atoms with E-state index in [0.29, 0.717) is 0 Å². The monoisotopic (exact) mass is 1430 g/mol. The summed E-state index contributed by atoms with van der Waals surface area (Å²) in [5, 5.41) is 0. The van der Waals surface area contributed by atoms with Gasteiger partial charge in [0, 0.05) is 101 Å². The molecular weight excluding hydrogens is 1350 g/mol. The first kappa shape index (κ1) is 68.1. The Labute approximate surface area is 622 Å². The number of benzene rings is 6. The fraction of sp³-hybridized carbons (Fsp3) is 0.110. The molecule has 0 radical (unpaired) electrons. The molecular formula is C91H76BrN13. The van der Waals surface area contributed by atoms with E-state index in [1.54, 1.807) is 6.20 Å². The number of halogens is 1. The van der Waals surface area contributed by atoms with Gasteiger partial charge in [-0.15, -0.1) is 0 Å². The Morgan fingerprint density at radius 3 is 0.924 bits per heavy atom. The third-order valence-electron chi connectivity index (χ3n) is 19.4. The minimum absolute atomic E-state index is 0.216. The molecule has 0 spiro atoms. The summed E-state index contributed by atoms with van der Waals surface area (Å²) in [6, 6.07) is 98.3. The van der Waals surface area contributed by atoms with Gasteiger partial charge in [0.05, 0.1) is 56.9 Å². The van der Waals surface area contributed by atoms with E-state index in [1.165, 1.54) is 33.6 Å². The summed E-state index contributed by atoms with van der Waals surface area (Å²) in [6.45, 7) is 13.5. The topological polar surface area (TPSA) is 129 Å². The number of nitrogens with zero attached hydrogens (tertiary/aromatic N) is 13. The highest BCUT2D eigenvalue weighted by atomic mass is 79.9. The first-order chi connectivity index (χ1) is 51.3. The van der Waals surface area contributed by atoms with E-state index >= 15 is 0 Å². The van der Waals surface area contributed by atoms with Crippen molar-refractivity contribution in [1.29, 1.82) is 0 Å². The number of aryl methyl sites for hydroxylation is 2. The molecule has 0 amide bonds. The van der Waals surface area contributed by atoms with Crippen LogP contribution in [0.25, 0.3) is 22.5 Å². The minimum Gasteiger partial charge on any atom is -0.308 e. The fourth-order valence-corrected chi connectivity index (χ4v) is 14.4. The molecule has 0 saturated heterocycles. The number of rotatable bonds is 14. The molecule has 14 heteroatoms. The quantitative estimate of drug-likeness (QED) is 0.0959. The molecule has 0 unspecified atom stereocenters. The Balaban J connectivity index is 0.000000158. The lowest BCUT2D eigenvalue weighted by Crippen LogP contribution is -2.31. The molecule has 0 aliphatic carbocycles. The van der Waals surface area contributed by atoms with Gasteiger partial charge in [0.2, 0.25) is 0 Å². The number of fused-ring (bicyclic) bond motifs is 4. The van der Waals surface area contributed by atoms with Crippen LogP contribution in [0.15, 0.2) is 333 Å². The third-order valence-corrected chi connectivity index (χ3v) is 19.8. The molecule has 15 aromatic rings. The van der Waals surface area contributed by atoms with Crippen molar-refractivity contribution >= 4 is 84.7 Å². The summed E-state index contributed by atoms with van der Waals surface area (Å²) < 4.78 is 0.884. The lowest BCUT2D eigenvalue weighted by atomic mass is 9.72. The molecule has 0 N–H and O–H groups in total. The van der Waals surface area contributed by atoms with Crippen LogP contribution >= 0.6 is 15.9 Å². The Kier molecular flexibility index (Phi) is 19.5. The van der Waals surface area contributed by atoms with Crippen molar-refractivity contribution in [3.05, 3.63) is 389 Å². The Hall–Kier alpha value is -12.7. The van der Waals surface area contributed by atoms with Crippen molar-refractivity contribution in [2.45, 2.75) is 65.2 Å². The van der Waals surface area contributed by atoms with E-state index in [-0.39, 0.29) is 5.41 Å². The fourth-order valence-electron chi connectivity index (χ4n) is 14.2. The molecule has 105 heavy (non-hydrogen) atoms. The maximum absolute atomic E-state index is 5.16. The number of anilines is 12. The SMILES string of the molecule is Brc1ccccn1.Cc1nc(-c2ccccc2)ccc1N1c2ccc(Cc3ccccn3)cc2C(C)(C)c2cc(Cc3ccccn3)ccc21.Cc1nc(-c2ccccc2)ccc1N1c2ccc(N(c3ccccn3)c3ccccn3)cc2C(C)(C)c2cc(N(c3ccccn3)c3ccccn3)ccc21. The summed E-state index contributed by atoms with van der Waals surface area (Å²) >= 11 is 3.20. The number of hydrogen-bond donors (Lipinski definition) is 0. The van der Waals surface area contributed by atoms with Gasteiger partial charge in [-0.3, -0.25) is 29.7 Å². The largest absolute Gasteiger partial charge is 0.308 e. The third kappa shape index (κ3) is 14.4. The van der Waals surface area contributed by atoms with Crippen LogP contribution in [0.2, 0.25) is 0 Å². The summed E-state index contributed by atoms with van der Waals surface area (Å²) in [5.74, 6) is 3.14. The lowest BCUT2D eigenvalue weighted by Gasteiger charge is -2.43. The Morgan fingerprint density at radius 1 is 0.305 bits per heavy atom. The predicted octanol–water partition coefficient (Wildman–Crippen LogP) is 22.7. The summed E-state index contributed by atoms with van der Waals surface area (Å²) in [5.41, 5.74) is 23.5. The zero-order valence-corrected chi connectivity index (χ0v) is 60.9. The maximum Gasteiger partial charge on any atom is 0.138 e. The minimum atomic E-state index is -0.446. The van der Waals surface area contributed by atoms with E-state index in [1.807, 2.05) is 165 Å². The lowest BCUT2D eigenvalue weighted by molar-refractivity contribution is 0.629. The van der Waals surface area contributed by atoms with Crippen molar-refractivity contribution in [2.75, 3.05) is 19.6 Å². The second-order valence-electron chi connectivity index (χ2n) is 26.9. The van der Waals surface area contributed by atoms with Gasteiger partial charge >= 0.3 is 0 Å². The average Bonchev–Trinajstić information content (AvgIpc) is 0.724. The van der Waals surface area contributed by atoms with Gasteiger partial charge < -0.3 is 9.80 Å². The summed E-state index contributed by atoms with van der Waals surface area (Å²) in [4.78, 5) is 51.4. The van der Waals surface area contributed by atoms with E-state index in [9.17, 15) is 0 Å². The highest BCUT2D eigenvalue weighted by molar-refractivity contribution is 9.10. The number of aromatic nitrogens is 9. The molecule has 512 valence electrons. The van der Waals surface area contributed by atoms with Crippen molar-refractivity contribution in [1.82, 2.24) is 44.9 Å². The van der Waals surface area contributed by atoms with Crippen molar-refractivity contribution in [3.8, 4) is 22.5 Å². The van der Waals surface area contributed by atoms with Crippen LogP contribution in [-0.2, 0) is 23.7 Å². The second kappa shape index (κ2) is 30.1. The van der Waals surface area contributed by atoms with E-state index < -0.39 is 5.41 Å². The van der Waals surface area contributed by atoms with Crippen molar-refractivity contribution < 1.29 is 0 Å². The van der Waals surface area contributed by atoms with Gasteiger partial charge in [-0.25, -0.2) is 24.9 Å². The van der Waals surface area contributed by atoms with E-state index in [0.717, 1.165) is 131 Å². The molecule has 6 aromatic carbocycles. The average molecular weight is 1430 g/mol. The van der Waals surface area contributed by atoms with Gasteiger partial charge in [0.15, 0.2) is 0 Å². The van der Waals surface area contributed by atoms with Gasteiger partial charge in [-0.05, 0) is 221 Å². The van der Waals surface area contributed by atoms with Crippen LogP contribution in [0, 0.1) is 13.8 Å². The van der Waals surface area contributed by atoms with Crippen LogP contribution in [0.4, 0.5) is 68.8 Å². The molecule has 0 bridgehead atoms. The van der Waals surface area contributed by atoms with Crippen LogP contribution in [-0.4, -0.2) is 44.9 Å². The highest BCUT2D eigenvalue weighted by Gasteiger charge is 2.41. The summed E-state index contributed by atoms with van der Waals surface area (Å²) in [7, 11) is 0. The van der Waals surface area contributed by atoms with Crippen LogP contribution < -0.4 is 19.6 Å². The second-order valence-corrected chi connectivity index (χ2v) is 27.7. The van der Waals surface area contributed by atoms with Crippen LogP contribution in [0.3, 0.4) is 0 Å². The first-order valence-corrected chi connectivity index (χ1v) is 36.0. The van der Waals surface area contributed by atoms with Gasteiger partial charge in [0.1, 0.15) is 27.9 Å². The smallest absolute Gasteiger partial charge is 0.138 e. The molecule has 2 aliphatic heterocycles. The Morgan fingerprint density at radius 2 is 0.619 bits per heavy atom. The van der Waals surface area contributed by atoms with Gasteiger partial charge in [-0.2, -0.15) is 0 Å². The molecule has 0 fully saturated rings. The number of hydrogen-bond acceptors (Lipinski definition) is 13. The van der Waals surface area contributed by atoms with Crippen molar-refractivity contribution in [3.63, 3.8) is 0 Å². The van der Waals surface area contributed by atoms with Gasteiger partial charge in [-0.1, -0.05) is 155 Å². The van der Waals surface area contributed by atoms with E-state index in [4.69, 9.17) is 29.9 Å². The maximum atomic E-state index is 5.16. The van der Waals surface area contributed by atoms with Crippen LogP contribution in [0.1, 0.15) is 83.9 Å². The Bertz CT molecular complexity index is 5160. The van der Waals surface area contributed by atoms with E-state index in [2.05, 4.69) is 250 Å². The molecule has 9 aromatic heterocycles. The first-order valence-electron chi connectivity index (χ1n) is 35.2. The predicted molar refractivity (Wildman–Crippen MR) is 429 cm³/mol.